The van der Waals surface area contributed by atoms with E-state index in [2.05, 4.69) is 35.6 Å². The molecule has 1 fully saturated rings. The number of rotatable bonds is 2. The van der Waals surface area contributed by atoms with E-state index in [0.717, 1.165) is 12.7 Å². The maximum Gasteiger partial charge on any atom is 0.276 e. The van der Waals surface area contributed by atoms with Gasteiger partial charge in [-0.2, -0.15) is 0 Å². The fourth-order valence-electron chi connectivity index (χ4n) is 2.67. The molecule has 0 bridgehead atoms. The smallest absolute Gasteiger partial charge is 0.276 e. The first-order valence-corrected chi connectivity index (χ1v) is 5.97. The molecule has 1 aliphatic rings. The molecule has 1 aliphatic heterocycles. The maximum absolute atomic E-state index is 9.26. The van der Waals surface area contributed by atoms with Crippen molar-refractivity contribution in [1.29, 1.82) is 5.26 Å². The molecule has 1 aromatic rings. The Bertz CT molecular complexity index is 371. The Hall–Kier alpha value is -1.27. The van der Waals surface area contributed by atoms with Gasteiger partial charge in [0.1, 0.15) is 0 Å². The normalized spacial score (nSPS) is 25.1. The molecule has 1 aromatic carbocycles. The second-order valence-corrected chi connectivity index (χ2v) is 4.55. The van der Waals surface area contributed by atoms with Crippen molar-refractivity contribution in [3.05, 3.63) is 35.9 Å². The minimum atomic E-state index is 0.161. The number of hydrogen-bond acceptors (Lipinski definition) is 2. The number of nitrogens with one attached hydrogen (secondary N) is 1. The average molecular weight is 212 g/mol. The van der Waals surface area contributed by atoms with Crippen LogP contribution in [0.1, 0.15) is 24.2 Å². The minimum absolute atomic E-state index is 0.161. The summed E-state index contributed by atoms with van der Waals surface area (Å²) in [5.74, 6) is 2.90. The van der Waals surface area contributed by atoms with Crippen LogP contribution >= 0.6 is 0 Å². The summed E-state index contributed by atoms with van der Waals surface area (Å²) in [6, 6.07) is 11.0. The van der Waals surface area contributed by atoms with Crippen molar-refractivity contribution in [3.8, 4) is 5.97 Å². The standard InChI is InChI=1S/C13H17BN2/c1-16-12-7-8-13(14(9-12)10-15)11-5-3-2-4-6-11/h2-6,12-13,16H,7-9H2,1H3. The fourth-order valence-corrected chi connectivity index (χ4v) is 2.67. The minimum Gasteiger partial charge on any atom is -0.318 e. The largest absolute Gasteiger partial charge is 0.318 e. The molecule has 3 heteroatoms. The van der Waals surface area contributed by atoms with Gasteiger partial charge in [0.05, 0.1) is 0 Å². The van der Waals surface area contributed by atoms with E-state index in [1.807, 2.05) is 13.1 Å². The van der Waals surface area contributed by atoms with Crippen molar-refractivity contribution in [3.63, 3.8) is 0 Å². The Morgan fingerprint density at radius 2 is 2.06 bits per heavy atom. The molecule has 1 saturated heterocycles. The summed E-state index contributed by atoms with van der Waals surface area (Å²) < 4.78 is 0. The molecule has 2 rings (SSSR count). The first-order chi connectivity index (χ1) is 7.85. The zero-order chi connectivity index (χ0) is 11.4. The van der Waals surface area contributed by atoms with Gasteiger partial charge in [-0.3, -0.25) is 0 Å². The van der Waals surface area contributed by atoms with Gasteiger partial charge in [-0.1, -0.05) is 42.3 Å². The monoisotopic (exact) mass is 212 g/mol. The van der Waals surface area contributed by atoms with Crippen LogP contribution in [0.25, 0.3) is 0 Å². The van der Waals surface area contributed by atoms with Gasteiger partial charge in [0.15, 0.2) is 0 Å². The molecule has 0 radical (unpaired) electrons. The molecule has 0 amide bonds. The third-order valence-corrected chi connectivity index (χ3v) is 3.65. The summed E-state index contributed by atoms with van der Waals surface area (Å²) in [6.45, 7) is 0.161. The van der Waals surface area contributed by atoms with Crippen LogP contribution in [-0.4, -0.2) is 19.8 Å². The van der Waals surface area contributed by atoms with Crippen LogP contribution < -0.4 is 5.32 Å². The lowest BCUT2D eigenvalue weighted by molar-refractivity contribution is 0.504. The first kappa shape index (κ1) is 11.2. The first-order valence-electron chi connectivity index (χ1n) is 5.97. The van der Waals surface area contributed by atoms with E-state index < -0.39 is 0 Å². The molecule has 0 spiro atoms. The van der Waals surface area contributed by atoms with E-state index in [0.29, 0.717) is 11.9 Å². The van der Waals surface area contributed by atoms with Crippen molar-refractivity contribution in [2.24, 2.45) is 0 Å². The average Bonchev–Trinajstić information content (AvgIpc) is 2.39. The zero-order valence-corrected chi connectivity index (χ0v) is 9.69. The summed E-state index contributed by atoms with van der Waals surface area (Å²) >= 11 is 0. The van der Waals surface area contributed by atoms with E-state index in [1.54, 1.807) is 0 Å². The lowest BCUT2D eigenvalue weighted by Gasteiger charge is -2.30. The molecule has 2 nitrogen and oxygen atoms in total. The van der Waals surface area contributed by atoms with Gasteiger partial charge in [-0.25, -0.2) is 5.26 Å². The van der Waals surface area contributed by atoms with E-state index in [9.17, 15) is 5.26 Å². The van der Waals surface area contributed by atoms with Crippen molar-refractivity contribution in [2.75, 3.05) is 7.05 Å². The van der Waals surface area contributed by atoms with Crippen LogP contribution in [-0.2, 0) is 0 Å². The van der Waals surface area contributed by atoms with E-state index >= 15 is 0 Å². The van der Waals surface area contributed by atoms with Gasteiger partial charge >= 0.3 is 0 Å². The predicted molar refractivity (Wildman–Crippen MR) is 67.4 cm³/mol. The molecule has 0 saturated carbocycles. The van der Waals surface area contributed by atoms with Gasteiger partial charge in [-0.15, -0.1) is 0 Å². The lowest BCUT2D eigenvalue weighted by Crippen LogP contribution is -2.39. The van der Waals surface area contributed by atoms with Crippen molar-refractivity contribution >= 4 is 6.71 Å². The van der Waals surface area contributed by atoms with Gasteiger partial charge < -0.3 is 5.32 Å². The Labute approximate surface area is 97.7 Å². The van der Waals surface area contributed by atoms with Crippen LogP contribution in [0.4, 0.5) is 0 Å². The van der Waals surface area contributed by atoms with E-state index in [1.165, 1.54) is 12.0 Å². The number of benzene rings is 1. The van der Waals surface area contributed by atoms with Gasteiger partial charge in [0, 0.05) is 12.0 Å². The van der Waals surface area contributed by atoms with Crippen LogP contribution in [0, 0.1) is 11.2 Å². The Morgan fingerprint density at radius 1 is 1.31 bits per heavy atom. The SMILES string of the molecule is CNC1CCC(c2ccccc2)B(C#N)C1. The summed E-state index contributed by atoms with van der Waals surface area (Å²) in [5, 5.41) is 12.5. The summed E-state index contributed by atoms with van der Waals surface area (Å²) in [5.41, 5.74) is 1.32. The van der Waals surface area contributed by atoms with Crippen molar-refractivity contribution < 1.29 is 0 Å². The maximum atomic E-state index is 9.26. The third kappa shape index (κ3) is 2.28. The van der Waals surface area contributed by atoms with Gasteiger partial charge in [0.25, 0.3) is 6.71 Å². The number of nitrogens with zero attached hydrogens (tertiary/aromatic N) is 1. The van der Waals surface area contributed by atoms with Crippen molar-refractivity contribution in [2.45, 2.75) is 31.0 Å². The second kappa shape index (κ2) is 5.18. The fraction of sp³-hybridized carbons (Fsp3) is 0.462. The van der Waals surface area contributed by atoms with Gasteiger partial charge in [0.2, 0.25) is 0 Å². The molecule has 0 aromatic heterocycles. The van der Waals surface area contributed by atoms with E-state index in [4.69, 9.17) is 0 Å². The summed E-state index contributed by atoms with van der Waals surface area (Å²) in [6.07, 6.45) is 3.27. The van der Waals surface area contributed by atoms with Crippen LogP contribution in [0.3, 0.4) is 0 Å². The molecule has 2 atom stereocenters. The molecule has 1 N–H and O–H groups in total. The predicted octanol–water partition coefficient (Wildman–Crippen LogP) is 2.25. The van der Waals surface area contributed by atoms with E-state index in [-0.39, 0.29) is 6.71 Å². The summed E-state index contributed by atoms with van der Waals surface area (Å²) in [4.78, 5) is 0. The molecule has 82 valence electrons. The van der Waals surface area contributed by atoms with Crippen LogP contribution in [0.15, 0.2) is 30.3 Å². The molecule has 16 heavy (non-hydrogen) atoms. The summed E-state index contributed by atoms with van der Waals surface area (Å²) in [7, 11) is 1.99. The topological polar surface area (TPSA) is 35.8 Å². The highest BCUT2D eigenvalue weighted by molar-refractivity contribution is 6.68. The molecular formula is C13H17BN2. The highest BCUT2D eigenvalue weighted by atomic mass is 14.9. The Morgan fingerprint density at radius 3 is 2.69 bits per heavy atom. The third-order valence-electron chi connectivity index (χ3n) is 3.65. The zero-order valence-electron chi connectivity index (χ0n) is 9.69. The number of hydrogen-bond donors (Lipinski definition) is 1. The Kier molecular flexibility index (Phi) is 3.64. The Balaban J connectivity index is 2.14. The number of nitriles is 1. The molecule has 0 aliphatic carbocycles. The highest BCUT2D eigenvalue weighted by Gasteiger charge is 2.34. The molecular weight excluding hydrogens is 195 g/mol. The second-order valence-electron chi connectivity index (χ2n) is 4.55. The molecule has 2 unspecified atom stereocenters. The van der Waals surface area contributed by atoms with Crippen LogP contribution in [0.5, 0.6) is 0 Å². The van der Waals surface area contributed by atoms with Crippen molar-refractivity contribution in [1.82, 2.24) is 5.32 Å². The van der Waals surface area contributed by atoms with Gasteiger partial charge in [-0.05, 0) is 25.6 Å². The quantitative estimate of drug-likeness (QED) is 0.763. The highest BCUT2D eigenvalue weighted by Crippen LogP contribution is 2.32. The van der Waals surface area contributed by atoms with Crippen LogP contribution in [0.2, 0.25) is 6.32 Å². The molecule has 1 heterocycles. The lowest BCUT2D eigenvalue weighted by atomic mass is 9.35.